The molecule has 324 valence electrons. The van der Waals surface area contributed by atoms with Gasteiger partial charge in [-0.25, -0.2) is 29.3 Å². The van der Waals surface area contributed by atoms with Crippen LogP contribution in [0.4, 0.5) is 39.8 Å². The first kappa shape index (κ1) is 42.3. The van der Waals surface area contributed by atoms with Crippen LogP contribution in [0.25, 0.3) is 103 Å². The zero-order valence-electron chi connectivity index (χ0n) is 37.4. The van der Waals surface area contributed by atoms with Crippen LogP contribution in [0.1, 0.15) is 0 Å². The van der Waals surface area contributed by atoms with Crippen LogP contribution in [0.3, 0.4) is 0 Å². The van der Waals surface area contributed by atoms with Gasteiger partial charge in [-0.2, -0.15) is 0 Å². The summed E-state index contributed by atoms with van der Waals surface area (Å²) >= 11 is 0. The molecule has 8 nitrogen and oxygen atoms in total. The number of benzene rings is 9. The lowest BCUT2D eigenvalue weighted by molar-refractivity contribution is 1.18. The van der Waals surface area contributed by atoms with Gasteiger partial charge in [-0.3, -0.25) is 0 Å². The van der Waals surface area contributed by atoms with E-state index in [-0.39, 0.29) is 0 Å². The first-order valence-corrected chi connectivity index (χ1v) is 22.4. The Labute approximate surface area is 405 Å². The molecule has 0 fully saturated rings. The van der Waals surface area contributed by atoms with Gasteiger partial charge in [0.05, 0.1) is 48.7 Å². The van der Waals surface area contributed by atoms with Crippen molar-refractivity contribution < 1.29 is 0 Å². The third kappa shape index (κ3) is 7.83. The first-order valence-electron chi connectivity index (χ1n) is 22.4. The van der Waals surface area contributed by atoms with Crippen molar-refractivity contribution in [3.63, 3.8) is 0 Å². The molecule has 0 atom stereocenters. The Morgan fingerprint density at radius 2 is 0.900 bits per heavy atom. The monoisotopic (exact) mass is 892 g/mol. The Morgan fingerprint density at radius 1 is 0.357 bits per heavy atom. The molecule has 0 aliphatic heterocycles. The van der Waals surface area contributed by atoms with Gasteiger partial charge in [0, 0.05) is 44.6 Å². The molecule has 0 amide bonds. The lowest BCUT2D eigenvalue weighted by Gasteiger charge is -2.25. The van der Waals surface area contributed by atoms with Gasteiger partial charge in [0.2, 0.25) is 0 Å². The Balaban J connectivity index is 0.930. The number of para-hydroxylation sites is 3. The van der Waals surface area contributed by atoms with Gasteiger partial charge >= 0.3 is 0 Å². The molecule has 11 rings (SSSR count). The fourth-order valence-electron chi connectivity index (χ4n) is 9.16. The molecule has 0 saturated heterocycles. The van der Waals surface area contributed by atoms with E-state index in [0.717, 1.165) is 72.4 Å². The van der Waals surface area contributed by atoms with Crippen molar-refractivity contribution in [2.24, 2.45) is 0 Å². The predicted octanol–water partition coefficient (Wildman–Crippen LogP) is 17.6. The Morgan fingerprint density at radius 3 is 1.53 bits per heavy atom. The molecule has 2 aromatic heterocycles. The van der Waals surface area contributed by atoms with Gasteiger partial charge in [0.15, 0.2) is 28.6 Å². The average Bonchev–Trinajstić information content (AvgIpc) is 3.77. The fraction of sp³-hybridized carbons (Fsp3) is 0. The van der Waals surface area contributed by atoms with Crippen molar-refractivity contribution in [3.05, 3.63) is 264 Å². The lowest BCUT2D eigenvalue weighted by atomic mass is 9.95. The summed E-state index contributed by atoms with van der Waals surface area (Å²) in [6, 6.07) is 72.0. The molecule has 0 unspecified atom stereocenters. The van der Waals surface area contributed by atoms with Crippen molar-refractivity contribution in [1.82, 2.24) is 14.5 Å². The van der Waals surface area contributed by atoms with E-state index in [0.29, 0.717) is 51.1 Å². The Bertz CT molecular complexity index is 3830. The van der Waals surface area contributed by atoms with Crippen LogP contribution in [0, 0.1) is 26.3 Å². The highest BCUT2D eigenvalue weighted by atomic mass is 15.1. The van der Waals surface area contributed by atoms with Gasteiger partial charge in [-0.05, 0) is 107 Å². The largest absolute Gasteiger partial charge is 0.310 e. The van der Waals surface area contributed by atoms with E-state index in [9.17, 15) is 0 Å². The van der Waals surface area contributed by atoms with Crippen LogP contribution in [0.5, 0.6) is 0 Å². The fourth-order valence-corrected chi connectivity index (χ4v) is 9.16. The van der Waals surface area contributed by atoms with Gasteiger partial charge in [-0.15, -0.1) is 0 Å². The average molecular weight is 893 g/mol. The first-order chi connectivity index (χ1) is 34.5. The molecule has 2 heterocycles. The number of hydrogen-bond donors (Lipinski definition) is 0. The molecule has 0 bridgehead atoms. The predicted molar refractivity (Wildman–Crippen MR) is 283 cm³/mol. The molecule has 9 aromatic carbocycles. The van der Waals surface area contributed by atoms with Gasteiger partial charge in [0.1, 0.15) is 0 Å². The highest BCUT2D eigenvalue weighted by Gasteiger charge is 2.20. The number of nitrogens with zero attached hydrogens (tertiary/aromatic N) is 8. The Hall–Kier alpha value is -10.4. The maximum Gasteiger partial charge on any atom is 0.187 e. The van der Waals surface area contributed by atoms with E-state index in [1.54, 1.807) is 24.3 Å². The summed E-state index contributed by atoms with van der Waals surface area (Å²) in [7, 11) is 0. The standard InChI is InChI=1S/C62H36N8/c1-63-47-17-13-15-44(35-47)56-40-55(67-62(68-56)45-16-14-18-48(36-45)64-2)42-27-25-41(26-28-42)46-37-57(65-3)61(58(38-46)66-4)43-29-31-51(32-30-43)70-59-24-12-11-23-53(59)54-39-52(33-34-60(54)70)69(49-19-7-5-8-20-49)50-21-9-6-10-22-50/h5-40H. The zero-order chi connectivity index (χ0) is 47.6. The minimum absolute atomic E-state index is 0.388. The van der Waals surface area contributed by atoms with Crippen LogP contribution >= 0.6 is 0 Å². The van der Waals surface area contributed by atoms with E-state index in [4.69, 9.17) is 36.3 Å². The molecule has 8 heteroatoms. The van der Waals surface area contributed by atoms with Crippen LogP contribution in [-0.2, 0) is 0 Å². The summed E-state index contributed by atoms with van der Waals surface area (Å²) < 4.78 is 2.27. The second-order valence-electron chi connectivity index (χ2n) is 16.6. The summed E-state index contributed by atoms with van der Waals surface area (Å²) in [5.74, 6) is 0.459. The molecular weight excluding hydrogens is 857 g/mol. The third-order valence-corrected chi connectivity index (χ3v) is 12.4. The lowest BCUT2D eigenvalue weighted by Crippen LogP contribution is -2.09. The van der Waals surface area contributed by atoms with E-state index in [1.165, 1.54) is 0 Å². The molecule has 0 radical (unpaired) electrons. The van der Waals surface area contributed by atoms with Crippen molar-refractivity contribution in [1.29, 1.82) is 0 Å². The van der Waals surface area contributed by atoms with Crippen molar-refractivity contribution in [2.75, 3.05) is 4.90 Å². The smallest absolute Gasteiger partial charge is 0.187 e. The van der Waals surface area contributed by atoms with E-state index < -0.39 is 0 Å². The highest BCUT2D eigenvalue weighted by molar-refractivity contribution is 6.11. The zero-order valence-corrected chi connectivity index (χ0v) is 37.4. The van der Waals surface area contributed by atoms with Crippen LogP contribution in [0.2, 0.25) is 0 Å². The maximum atomic E-state index is 8.31. The Kier molecular flexibility index (Phi) is 10.9. The molecule has 11 aromatic rings. The highest BCUT2D eigenvalue weighted by Crippen LogP contribution is 2.45. The molecular formula is C62H36N8. The summed E-state index contributed by atoms with van der Waals surface area (Å²) in [4.78, 5) is 27.3. The quantitative estimate of drug-likeness (QED) is 0.136. The number of hydrogen-bond acceptors (Lipinski definition) is 3. The molecule has 70 heavy (non-hydrogen) atoms. The number of fused-ring (bicyclic) bond motifs is 3. The van der Waals surface area contributed by atoms with E-state index in [2.05, 4.69) is 132 Å². The van der Waals surface area contributed by atoms with Crippen LogP contribution < -0.4 is 4.90 Å². The summed E-state index contributed by atoms with van der Waals surface area (Å²) in [5.41, 5.74) is 14.7. The van der Waals surface area contributed by atoms with Gasteiger partial charge in [-0.1, -0.05) is 140 Å². The SMILES string of the molecule is [C-]#[N+]c1cccc(-c2cc(-c3ccc(-c4cc([N+]#[C-])c(-c5ccc(-n6c7ccccc7c7cc(N(c8ccccc8)c8ccccc8)ccc76)cc5)c([N+]#[C-])c4)cc3)nc(-c3cccc([N+]#[C-])c3)n2)c1. The van der Waals surface area contributed by atoms with Crippen molar-refractivity contribution in [2.45, 2.75) is 0 Å². The number of anilines is 3. The molecule has 0 aliphatic carbocycles. The minimum atomic E-state index is 0.388. The minimum Gasteiger partial charge on any atom is -0.310 e. The summed E-state index contributed by atoms with van der Waals surface area (Å²) in [6.07, 6.45) is 0. The van der Waals surface area contributed by atoms with E-state index >= 15 is 0 Å². The maximum absolute atomic E-state index is 8.31. The normalized spacial score (nSPS) is 10.8. The van der Waals surface area contributed by atoms with Crippen molar-refractivity contribution >= 4 is 61.6 Å². The second kappa shape index (κ2) is 18.1. The number of aromatic nitrogens is 3. The van der Waals surface area contributed by atoms with Gasteiger partial charge < -0.3 is 9.47 Å². The third-order valence-electron chi connectivity index (χ3n) is 12.4. The topological polar surface area (TPSA) is 51.4 Å². The number of rotatable bonds is 9. The molecule has 0 saturated carbocycles. The van der Waals surface area contributed by atoms with Crippen LogP contribution in [0.15, 0.2) is 218 Å². The molecule has 0 aliphatic rings. The second-order valence-corrected chi connectivity index (χ2v) is 16.6. The summed E-state index contributed by atoms with van der Waals surface area (Å²) in [5, 5.41) is 2.26. The van der Waals surface area contributed by atoms with Crippen LogP contribution in [-0.4, -0.2) is 14.5 Å². The molecule has 0 N–H and O–H groups in total. The van der Waals surface area contributed by atoms with E-state index in [1.807, 2.05) is 91.0 Å². The van der Waals surface area contributed by atoms with Gasteiger partial charge in [0.25, 0.3) is 0 Å². The summed E-state index contributed by atoms with van der Waals surface area (Å²) in [6.45, 7) is 31.7. The molecule has 0 spiro atoms. The van der Waals surface area contributed by atoms with Crippen molar-refractivity contribution in [3.8, 4) is 61.8 Å².